The second-order valence-corrected chi connectivity index (χ2v) is 6.36. The molecule has 0 fully saturated rings. The van der Waals surface area contributed by atoms with E-state index in [0.29, 0.717) is 23.3 Å². The zero-order chi connectivity index (χ0) is 18.4. The van der Waals surface area contributed by atoms with Crippen LogP contribution >= 0.6 is 11.8 Å². The first-order valence-corrected chi connectivity index (χ1v) is 9.11. The zero-order valence-electron chi connectivity index (χ0n) is 14.2. The van der Waals surface area contributed by atoms with Crippen LogP contribution in [0.25, 0.3) is 17.1 Å². The number of aromatic nitrogens is 4. The molecular formula is C18H18N4O3S. The number of hydrogen-bond donors (Lipinski definition) is 1. The number of thioether (sulfide) groups is 1. The molecule has 0 spiro atoms. The number of benzene rings is 1. The van der Waals surface area contributed by atoms with Gasteiger partial charge in [0.2, 0.25) is 0 Å². The Labute approximate surface area is 155 Å². The Morgan fingerprint density at radius 3 is 2.69 bits per heavy atom. The molecule has 0 amide bonds. The molecule has 8 heteroatoms. The molecule has 0 radical (unpaired) electrons. The van der Waals surface area contributed by atoms with Gasteiger partial charge in [-0.1, -0.05) is 11.8 Å². The summed E-state index contributed by atoms with van der Waals surface area (Å²) in [5.74, 6) is 1.02. The molecule has 134 valence electrons. The highest BCUT2D eigenvalue weighted by Crippen LogP contribution is 2.28. The minimum atomic E-state index is -0.836. The molecule has 0 atom stereocenters. The first kappa shape index (κ1) is 17.9. The normalized spacial score (nSPS) is 10.7. The van der Waals surface area contributed by atoms with E-state index in [4.69, 9.17) is 9.84 Å². The summed E-state index contributed by atoms with van der Waals surface area (Å²) in [6, 6.07) is 11.4. The van der Waals surface area contributed by atoms with Gasteiger partial charge in [-0.05, 0) is 43.3 Å². The average molecular weight is 370 g/mol. The second-order valence-electron chi connectivity index (χ2n) is 5.30. The van der Waals surface area contributed by atoms with Gasteiger partial charge in [-0.3, -0.25) is 14.3 Å². The highest BCUT2D eigenvalue weighted by Gasteiger charge is 2.16. The second kappa shape index (κ2) is 8.48. The summed E-state index contributed by atoms with van der Waals surface area (Å²) in [5, 5.41) is 18.0. The summed E-state index contributed by atoms with van der Waals surface area (Å²) in [5.41, 5.74) is 1.70. The van der Waals surface area contributed by atoms with Gasteiger partial charge in [-0.25, -0.2) is 0 Å². The number of hydrogen-bond acceptors (Lipinski definition) is 6. The molecule has 0 saturated carbocycles. The van der Waals surface area contributed by atoms with Crippen LogP contribution in [0.3, 0.4) is 0 Å². The van der Waals surface area contributed by atoms with Crippen molar-refractivity contribution in [2.75, 3.05) is 12.4 Å². The van der Waals surface area contributed by atoms with E-state index in [1.54, 1.807) is 12.4 Å². The lowest BCUT2D eigenvalue weighted by molar-refractivity contribution is -0.136. The lowest BCUT2D eigenvalue weighted by atomic mass is 10.2. The minimum absolute atomic E-state index is 0.0586. The maximum atomic E-state index is 10.8. The molecule has 0 unspecified atom stereocenters. The number of carboxylic acids is 1. The molecule has 0 bridgehead atoms. The third-order valence-corrected chi connectivity index (χ3v) is 4.44. The Hall–Kier alpha value is -2.87. The molecule has 0 aliphatic carbocycles. The van der Waals surface area contributed by atoms with Crippen molar-refractivity contribution in [2.24, 2.45) is 0 Å². The molecule has 2 heterocycles. The van der Waals surface area contributed by atoms with Crippen molar-refractivity contribution in [3.8, 4) is 22.8 Å². The van der Waals surface area contributed by atoms with E-state index in [1.807, 2.05) is 47.9 Å². The van der Waals surface area contributed by atoms with Gasteiger partial charge in [0, 0.05) is 29.4 Å². The fraction of sp³-hybridized carbons (Fsp3) is 0.222. The number of nitrogens with zero attached hydrogens (tertiary/aromatic N) is 4. The van der Waals surface area contributed by atoms with Crippen LogP contribution in [0.2, 0.25) is 0 Å². The first-order valence-electron chi connectivity index (χ1n) is 8.12. The van der Waals surface area contributed by atoms with E-state index in [9.17, 15) is 4.79 Å². The van der Waals surface area contributed by atoms with E-state index in [2.05, 4.69) is 15.2 Å². The highest BCUT2D eigenvalue weighted by atomic mass is 32.2. The van der Waals surface area contributed by atoms with Gasteiger partial charge < -0.3 is 9.84 Å². The molecule has 7 nitrogen and oxygen atoms in total. The molecule has 0 saturated heterocycles. The topological polar surface area (TPSA) is 90.1 Å². The average Bonchev–Trinajstić information content (AvgIpc) is 3.07. The first-order chi connectivity index (χ1) is 12.7. The van der Waals surface area contributed by atoms with E-state index in [1.165, 1.54) is 11.8 Å². The standard InChI is InChI=1S/C18H18N4O3S/c1-2-25-15-7-5-14(6-8-15)22-17(13-4-3-10-19-12-13)20-21-18(22)26-11-9-16(23)24/h3-8,10,12H,2,9,11H2,1H3,(H,23,24). The van der Waals surface area contributed by atoms with Gasteiger partial charge in [-0.2, -0.15) is 0 Å². The lowest BCUT2D eigenvalue weighted by Gasteiger charge is -2.11. The monoisotopic (exact) mass is 370 g/mol. The molecule has 0 aliphatic heterocycles. The van der Waals surface area contributed by atoms with Crippen molar-refractivity contribution >= 4 is 17.7 Å². The molecule has 2 aromatic heterocycles. The van der Waals surface area contributed by atoms with Crippen LogP contribution in [0.15, 0.2) is 53.9 Å². The van der Waals surface area contributed by atoms with Crippen LogP contribution in [-0.4, -0.2) is 43.2 Å². The number of carboxylic acid groups (broad SMARTS) is 1. The van der Waals surface area contributed by atoms with Crippen LogP contribution in [-0.2, 0) is 4.79 Å². The van der Waals surface area contributed by atoms with Crippen molar-refractivity contribution in [3.63, 3.8) is 0 Å². The predicted molar refractivity (Wildman–Crippen MR) is 98.7 cm³/mol. The molecule has 3 aromatic rings. The zero-order valence-corrected chi connectivity index (χ0v) is 15.0. The smallest absolute Gasteiger partial charge is 0.304 e. The fourth-order valence-electron chi connectivity index (χ4n) is 2.37. The summed E-state index contributed by atoms with van der Waals surface area (Å²) in [7, 11) is 0. The summed E-state index contributed by atoms with van der Waals surface area (Å²) in [6.07, 6.45) is 3.48. The largest absolute Gasteiger partial charge is 0.494 e. The summed E-state index contributed by atoms with van der Waals surface area (Å²) in [4.78, 5) is 14.9. The summed E-state index contributed by atoms with van der Waals surface area (Å²) >= 11 is 1.36. The van der Waals surface area contributed by atoms with Gasteiger partial charge >= 0.3 is 5.97 Å². The number of aliphatic carboxylic acids is 1. The number of ether oxygens (including phenoxy) is 1. The molecule has 26 heavy (non-hydrogen) atoms. The maximum Gasteiger partial charge on any atom is 0.304 e. The van der Waals surface area contributed by atoms with Crippen LogP contribution < -0.4 is 4.74 Å². The quantitative estimate of drug-likeness (QED) is 0.608. The van der Waals surface area contributed by atoms with Crippen molar-refractivity contribution < 1.29 is 14.6 Å². The van der Waals surface area contributed by atoms with E-state index in [0.717, 1.165) is 17.0 Å². The van der Waals surface area contributed by atoms with Gasteiger partial charge in [0.25, 0.3) is 0 Å². The SMILES string of the molecule is CCOc1ccc(-n2c(SCCC(=O)O)nnc2-c2cccnc2)cc1. The van der Waals surface area contributed by atoms with Gasteiger partial charge in [-0.15, -0.1) is 10.2 Å². The molecular weight excluding hydrogens is 352 g/mol. The Morgan fingerprint density at radius 2 is 2.04 bits per heavy atom. The lowest BCUT2D eigenvalue weighted by Crippen LogP contribution is -2.02. The predicted octanol–water partition coefficient (Wildman–Crippen LogP) is 3.29. The van der Waals surface area contributed by atoms with Crippen molar-refractivity contribution in [1.29, 1.82) is 0 Å². The Morgan fingerprint density at radius 1 is 1.23 bits per heavy atom. The van der Waals surface area contributed by atoms with Crippen molar-refractivity contribution in [3.05, 3.63) is 48.8 Å². The third kappa shape index (κ3) is 4.20. The third-order valence-electron chi connectivity index (χ3n) is 3.51. The maximum absolute atomic E-state index is 10.8. The van der Waals surface area contributed by atoms with Crippen LogP contribution in [0.4, 0.5) is 0 Å². The van der Waals surface area contributed by atoms with E-state index in [-0.39, 0.29) is 6.42 Å². The number of pyridine rings is 1. The van der Waals surface area contributed by atoms with Crippen molar-refractivity contribution in [1.82, 2.24) is 19.7 Å². The van der Waals surface area contributed by atoms with E-state index >= 15 is 0 Å². The Balaban J connectivity index is 1.98. The van der Waals surface area contributed by atoms with Crippen molar-refractivity contribution in [2.45, 2.75) is 18.5 Å². The fourth-order valence-corrected chi connectivity index (χ4v) is 3.24. The van der Waals surface area contributed by atoms with Gasteiger partial charge in [0.15, 0.2) is 11.0 Å². The molecule has 3 rings (SSSR count). The number of rotatable bonds is 8. The molecule has 1 N–H and O–H groups in total. The minimum Gasteiger partial charge on any atom is -0.494 e. The molecule has 0 aliphatic rings. The molecule has 1 aromatic carbocycles. The van der Waals surface area contributed by atoms with Crippen LogP contribution in [0.5, 0.6) is 5.75 Å². The Bertz CT molecular complexity index is 866. The van der Waals surface area contributed by atoms with Crippen LogP contribution in [0.1, 0.15) is 13.3 Å². The Kier molecular flexibility index (Phi) is 5.85. The van der Waals surface area contributed by atoms with Gasteiger partial charge in [0.1, 0.15) is 5.75 Å². The highest BCUT2D eigenvalue weighted by molar-refractivity contribution is 7.99. The summed E-state index contributed by atoms with van der Waals surface area (Å²) < 4.78 is 7.40. The summed E-state index contributed by atoms with van der Waals surface area (Å²) in [6.45, 7) is 2.54. The van der Waals surface area contributed by atoms with Gasteiger partial charge in [0.05, 0.1) is 13.0 Å². The van der Waals surface area contributed by atoms with Crippen LogP contribution in [0, 0.1) is 0 Å². The van der Waals surface area contributed by atoms with E-state index < -0.39 is 5.97 Å². The number of carbonyl (C=O) groups is 1.